The first-order valence-corrected chi connectivity index (χ1v) is 7.89. The molecule has 0 spiro atoms. The molecule has 1 aromatic rings. The number of aliphatic hydroxyl groups excluding tert-OH is 1. The van der Waals surface area contributed by atoms with E-state index < -0.39 is 18.3 Å². The SMILES string of the molecule is CC1(C)OB(c2cncc(N3CCCC(O)C3)n2)OC1(C)C. The molecule has 1 unspecified atom stereocenters. The summed E-state index contributed by atoms with van der Waals surface area (Å²) in [5.74, 6) is 0.769. The minimum Gasteiger partial charge on any atom is -0.398 e. The zero-order valence-corrected chi connectivity index (χ0v) is 13.7. The molecule has 0 amide bonds. The molecule has 120 valence electrons. The molecule has 0 bridgehead atoms. The average molecular weight is 305 g/mol. The van der Waals surface area contributed by atoms with Crippen LogP contribution in [0.4, 0.5) is 5.82 Å². The highest BCUT2D eigenvalue weighted by Crippen LogP contribution is 2.36. The first-order chi connectivity index (χ1) is 10.3. The van der Waals surface area contributed by atoms with Crippen LogP contribution in [0.5, 0.6) is 0 Å². The second-order valence-corrected chi connectivity index (χ2v) is 7.13. The smallest absolute Gasteiger partial charge is 0.398 e. The number of aliphatic hydroxyl groups is 1. The van der Waals surface area contributed by atoms with Crippen molar-refractivity contribution in [2.75, 3.05) is 18.0 Å². The summed E-state index contributed by atoms with van der Waals surface area (Å²) in [6, 6.07) is 0. The van der Waals surface area contributed by atoms with Gasteiger partial charge in [0.1, 0.15) is 5.82 Å². The Kier molecular flexibility index (Phi) is 3.91. The fourth-order valence-electron chi connectivity index (χ4n) is 2.76. The maximum atomic E-state index is 9.82. The molecule has 0 aliphatic carbocycles. The van der Waals surface area contributed by atoms with Crippen molar-refractivity contribution in [3.63, 3.8) is 0 Å². The van der Waals surface area contributed by atoms with Gasteiger partial charge in [-0.05, 0) is 40.5 Å². The maximum absolute atomic E-state index is 9.82. The molecule has 0 radical (unpaired) electrons. The number of hydrogen-bond acceptors (Lipinski definition) is 6. The molecule has 0 saturated carbocycles. The number of piperidine rings is 1. The highest BCUT2D eigenvalue weighted by molar-refractivity contribution is 6.61. The van der Waals surface area contributed by atoms with Gasteiger partial charge in [0.05, 0.1) is 29.1 Å². The summed E-state index contributed by atoms with van der Waals surface area (Å²) in [6.45, 7) is 9.56. The molecule has 22 heavy (non-hydrogen) atoms. The molecule has 3 heterocycles. The van der Waals surface area contributed by atoms with E-state index in [9.17, 15) is 5.11 Å². The largest absolute Gasteiger partial charge is 0.516 e. The lowest BCUT2D eigenvalue weighted by atomic mass is 9.85. The Bertz CT molecular complexity index is 537. The zero-order chi connectivity index (χ0) is 16.0. The van der Waals surface area contributed by atoms with Gasteiger partial charge in [-0.2, -0.15) is 0 Å². The van der Waals surface area contributed by atoms with E-state index in [1.54, 1.807) is 12.4 Å². The predicted molar refractivity (Wildman–Crippen MR) is 85.2 cm³/mol. The number of β-amino-alcohol motifs (C(OH)–C–C–N with tert-alkyl or cyclic N) is 1. The number of anilines is 1. The summed E-state index contributed by atoms with van der Waals surface area (Å²) in [5, 5.41) is 9.82. The molecule has 7 heteroatoms. The first-order valence-electron chi connectivity index (χ1n) is 7.89. The highest BCUT2D eigenvalue weighted by Gasteiger charge is 2.52. The van der Waals surface area contributed by atoms with Crippen molar-refractivity contribution in [2.45, 2.75) is 57.8 Å². The molecular formula is C15H24BN3O3. The quantitative estimate of drug-likeness (QED) is 0.813. The Hall–Kier alpha value is -1.18. The summed E-state index contributed by atoms with van der Waals surface area (Å²) in [4.78, 5) is 11.0. The topological polar surface area (TPSA) is 67.7 Å². The fraction of sp³-hybridized carbons (Fsp3) is 0.733. The van der Waals surface area contributed by atoms with E-state index in [0.29, 0.717) is 12.1 Å². The molecule has 1 aromatic heterocycles. The van der Waals surface area contributed by atoms with Crippen LogP contribution >= 0.6 is 0 Å². The number of nitrogens with zero attached hydrogens (tertiary/aromatic N) is 3. The van der Waals surface area contributed by atoms with E-state index in [1.165, 1.54) is 0 Å². The maximum Gasteiger partial charge on any atom is 0.516 e. The second kappa shape index (κ2) is 5.47. The number of aromatic nitrogens is 2. The Labute approximate surface area is 132 Å². The summed E-state index contributed by atoms with van der Waals surface area (Å²) in [7, 11) is -0.507. The molecule has 1 N–H and O–H groups in total. The van der Waals surface area contributed by atoms with Crippen molar-refractivity contribution in [3.8, 4) is 0 Å². The van der Waals surface area contributed by atoms with E-state index in [4.69, 9.17) is 9.31 Å². The predicted octanol–water partition coefficient (Wildman–Crippen LogP) is 0.737. The van der Waals surface area contributed by atoms with Crippen molar-refractivity contribution in [2.24, 2.45) is 0 Å². The zero-order valence-electron chi connectivity index (χ0n) is 13.7. The standard InChI is InChI=1S/C15H24BN3O3/c1-14(2)15(3,4)22-16(21-14)12-8-17-9-13(18-12)19-7-5-6-11(20)10-19/h8-9,11,20H,5-7,10H2,1-4H3. The fourth-order valence-corrected chi connectivity index (χ4v) is 2.76. The van der Waals surface area contributed by atoms with E-state index >= 15 is 0 Å². The molecule has 3 rings (SSSR count). The Morgan fingerprint density at radius 1 is 1.23 bits per heavy atom. The van der Waals surface area contributed by atoms with Gasteiger partial charge in [0.2, 0.25) is 0 Å². The second-order valence-electron chi connectivity index (χ2n) is 7.13. The molecule has 6 nitrogen and oxygen atoms in total. The van der Waals surface area contributed by atoms with Gasteiger partial charge < -0.3 is 19.3 Å². The van der Waals surface area contributed by atoms with E-state index in [-0.39, 0.29) is 6.10 Å². The summed E-state index contributed by atoms with van der Waals surface area (Å²) in [6.07, 6.45) is 4.93. The molecule has 1 atom stereocenters. The Morgan fingerprint density at radius 3 is 2.55 bits per heavy atom. The van der Waals surface area contributed by atoms with E-state index in [0.717, 1.165) is 25.2 Å². The van der Waals surface area contributed by atoms with Crippen LogP contribution in [-0.4, -0.2) is 52.6 Å². The highest BCUT2D eigenvalue weighted by atomic mass is 16.7. The van der Waals surface area contributed by atoms with Crippen molar-refractivity contribution in [1.29, 1.82) is 0 Å². The van der Waals surface area contributed by atoms with Crippen LogP contribution in [0.25, 0.3) is 0 Å². The third-order valence-electron chi connectivity index (χ3n) is 4.86. The van der Waals surface area contributed by atoms with Crippen LogP contribution < -0.4 is 10.5 Å². The van der Waals surface area contributed by atoms with E-state index in [1.807, 2.05) is 27.7 Å². The van der Waals surface area contributed by atoms with Gasteiger partial charge in [-0.25, -0.2) is 4.98 Å². The van der Waals surface area contributed by atoms with Gasteiger partial charge >= 0.3 is 7.12 Å². The van der Waals surface area contributed by atoms with Gasteiger partial charge in [-0.3, -0.25) is 4.98 Å². The first kappa shape index (κ1) is 15.7. The van der Waals surface area contributed by atoms with Crippen LogP contribution in [0.3, 0.4) is 0 Å². The molecule has 2 fully saturated rings. The van der Waals surface area contributed by atoms with Crippen LogP contribution in [0, 0.1) is 0 Å². The van der Waals surface area contributed by atoms with Crippen molar-refractivity contribution in [3.05, 3.63) is 12.4 Å². The van der Waals surface area contributed by atoms with Gasteiger partial charge in [0.15, 0.2) is 0 Å². The minimum atomic E-state index is -0.507. The lowest BCUT2D eigenvalue weighted by Gasteiger charge is -2.32. The van der Waals surface area contributed by atoms with Crippen molar-refractivity contribution < 1.29 is 14.4 Å². The van der Waals surface area contributed by atoms with Crippen molar-refractivity contribution >= 4 is 18.5 Å². The van der Waals surface area contributed by atoms with Crippen LogP contribution in [0.2, 0.25) is 0 Å². The Morgan fingerprint density at radius 2 is 1.91 bits per heavy atom. The van der Waals surface area contributed by atoms with E-state index in [2.05, 4.69) is 14.9 Å². The lowest BCUT2D eigenvalue weighted by molar-refractivity contribution is 0.00578. The number of hydrogen-bond donors (Lipinski definition) is 1. The van der Waals surface area contributed by atoms with Gasteiger partial charge in [0.25, 0.3) is 0 Å². The third kappa shape index (κ3) is 2.85. The number of rotatable bonds is 2. The molecule has 2 saturated heterocycles. The summed E-state index contributed by atoms with van der Waals surface area (Å²) >= 11 is 0. The molecule has 2 aliphatic heterocycles. The Balaban J connectivity index is 1.80. The summed E-state index contributed by atoms with van der Waals surface area (Å²) in [5.41, 5.74) is -0.107. The van der Waals surface area contributed by atoms with Crippen molar-refractivity contribution in [1.82, 2.24) is 9.97 Å². The lowest BCUT2D eigenvalue weighted by Crippen LogP contribution is -2.42. The molecular weight excluding hydrogens is 281 g/mol. The van der Waals surface area contributed by atoms with Gasteiger partial charge in [-0.15, -0.1) is 0 Å². The molecule has 0 aromatic carbocycles. The van der Waals surface area contributed by atoms with Crippen LogP contribution in [-0.2, 0) is 9.31 Å². The van der Waals surface area contributed by atoms with Crippen LogP contribution in [0.1, 0.15) is 40.5 Å². The van der Waals surface area contributed by atoms with Gasteiger partial charge in [-0.1, -0.05) is 0 Å². The monoisotopic (exact) mass is 305 g/mol. The van der Waals surface area contributed by atoms with Crippen LogP contribution in [0.15, 0.2) is 12.4 Å². The normalized spacial score (nSPS) is 27.2. The molecule has 2 aliphatic rings. The van der Waals surface area contributed by atoms with Gasteiger partial charge in [0, 0.05) is 19.3 Å². The summed E-state index contributed by atoms with van der Waals surface area (Å²) < 4.78 is 12.0. The minimum absolute atomic E-state index is 0.295. The average Bonchev–Trinajstić information content (AvgIpc) is 2.68. The third-order valence-corrected chi connectivity index (χ3v) is 4.86.